The fraction of sp³-hybridized carbons (Fsp3) is 0.214. The van der Waals surface area contributed by atoms with Crippen LogP contribution in [0.4, 0.5) is 5.95 Å². The molecule has 0 aliphatic rings. The van der Waals surface area contributed by atoms with Crippen LogP contribution in [-0.2, 0) is 9.84 Å². The average Bonchev–Trinajstić information content (AvgIpc) is 2.48. The van der Waals surface area contributed by atoms with Gasteiger partial charge >= 0.3 is 0 Å². The predicted octanol–water partition coefficient (Wildman–Crippen LogP) is 2.35. The van der Waals surface area contributed by atoms with E-state index in [2.05, 4.69) is 27.2 Å². The molecule has 1 aromatic carbocycles. The molecule has 110 valence electrons. The molecule has 0 spiro atoms. The maximum Gasteiger partial charge on any atom is 0.243 e. The number of sulfone groups is 1. The highest BCUT2D eigenvalue weighted by atomic mass is 32.2. The van der Waals surface area contributed by atoms with Crippen LogP contribution in [0.2, 0.25) is 0 Å². The Hall–Kier alpha value is -2.28. The molecule has 1 aromatic heterocycles. The van der Waals surface area contributed by atoms with Crippen molar-refractivity contribution in [1.82, 2.24) is 9.97 Å². The molecular weight excluding hydrogens is 288 g/mol. The number of hydrogen-bond donors (Lipinski definition) is 1. The third-order valence-electron chi connectivity index (χ3n) is 2.96. The number of rotatable bonds is 5. The summed E-state index contributed by atoms with van der Waals surface area (Å²) < 4.78 is 24.8. The summed E-state index contributed by atoms with van der Waals surface area (Å²) in [6.07, 6.45) is 3.10. The zero-order chi connectivity index (χ0) is 15.5. The molecule has 7 heteroatoms. The van der Waals surface area contributed by atoms with Gasteiger partial charge in [0.25, 0.3) is 0 Å². The minimum Gasteiger partial charge on any atom is -0.246 e. The van der Waals surface area contributed by atoms with Crippen molar-refractivity contribution in [3.8, 4) is 11.1 Å². The van der Waals surface area contributed by atoms with Gasteiger partial charge in [0.1, 0.15) is 0 Å². The fourth-order valence-corrected chi connectivity index (χ4v) is 3.07. The Balaban J connectivity index is 2.52. The van der Waals surface area contributed by atoms with Gasteiger partial charge in [-0.2, -0.15) is 5.10 Å². The molecule has 0 atom stereocenters. The van der Waals surface area contributed by atoms with E-state index < -0.39 is 15.1 Å². The summed E-state index contributed by atoms with van der Waals surface area (Å²) in [6.45, 7) is 6.60. The Kier molecular flexibility index (Phi) is 4.32. The lowest BCUT2D eigenvalue weighted by atomic mass is 10.1. The highest BCUT2D eigenvalue weighted by Crippen LogP contribution is 2.29. The summed E-state index contributed by atoms with van der Waals surface area (Å²) in [4.78, 5) is 8.41. The van der Waals surface area contributed by atoms with Gasteiger partial charge < -0.3 is 0 Å². The van der Waals surface area contributed by atoms with Crippen LogP contribution in [0.1, 0.15) is 13.8 Å². The van der Waals surface area contributed by atoms with Gasteiger partial charge in [-0.1, -0.05) is 18.2 Å². The SMILES string of the molecule is C=NNc1ncc(-c2ccccc2S(=O)(=O)C(C)C)cn1. The summed E-state index contributed by atoms with van der Waals surface area (Å²) in [5, 5.41) is 2.97. The monoisotopic (exact) mass is 304 g/mol. The molecule has 2 rings (SSSR count). The van der Waals surface area contributed by atoms with E-state index in [1.54, 1.807) is 50.5 Å². The van der Waals surface area contributed by atoms with E-state index in [-0.39, 0.29) is 4.90 Å². The number of hydrogen-bond acceptors (Lipinski definition) is 6. The van der Waals surface area contributed by atoms with Crippen LogP contribution in [0.5, 0.6) is 0 Å². The number of nitrogens with one attached hydrogen (secondary N) is 1. The van der Waals surface area contributed by atoms with Crippen molar-refractivity contribution < 1.29 is 8.42 Å². The Labute approximate surface area is 123 Å². The molecule has 1 heterocycles. The number of benzene rings is 1. The van der Waals surface area contributed by atoms with E-state index in [1.807, 2.05) is 0 Å². The van der Waals surface area contributed by atoms with Crippen molar-refractivity contribution in [2.45, 2.75) is 24.0 Å². The second-order valence-corrected chi connectivity index (χ2v) is 7.13. The van der Waals surface area contributed by atoms with Gasteiger partial charge in [0, 0.05) is 30.2 Å². The summed E-state index contributed by atoms with van der Waals surface area (Å²) in [7, 11) is -3.38. The van der Waals surface area contributed by atoms with E-state index in [9.17, 15) is 8.42 Å². The third-order valence-corrected chi connectivity index (χ3v) is 5.17. The van der Waals surface area contributed by atoms with Crippen molar-refractivity contribution in [2.24, 2.45) is 5.10 Å². The first-order valence-corrected chi connectivity index (χ1v) is 7.88. The van der Waals surface area contributed by atoms with E-state index in [0.29, 0.717) is 17.1 Å². The molecule has 0 saturated carbocycles. The van der Waals surface area contributed by atoms with Crippen LogP contribution in [0.15, 0.2) is 46.7 Å². The zero-order valence-electron chi connectivity index (χ0n) is 11.8. The Morgan fingerprint density at radius 3 is 2.38 bits per heavy atom. The molecule has 6 nitrogen and oxygen atoms in total. The molecule has 21 heavy (non-hydrogen) atoms. The first-order chi connectivity index (χ1) is 9.96. The lowest BCUT2D eigenvalue weighted by molar-refractivity contribution is 0.587. The van der Waals surface area contributed by atoms with Gasteiger partial charge in [-0.05, 0) is 19.9 Å². The van der Waals surface area contributed by atoms with E-state index >= 15 is 0 Å². The third kappa shape index (κ3) is 3.08. The maximum atomic E-state index is 12.4. The predicted molar refractivity (Wildman–Crippen MR) is 83.0 cm³/mol. The molecule has 0 radical (unpaired) electrons. The topological polar surface area (TPSA) is 84.3 Å². The summed E-state index contributed by atoms with van der Waals surface area (Å²) >= 11 is 0. The van der Waals surface area contributed by atoms with Gasteiger partial charge in [-0.25, -0.2) is 23.8 Å². The molecule has 2 aromatic rings. The molecule has 0 aliphatic heterocycles. The number of hydrazone groups is 1. The summed E-state index contributed by atoms with van der Waals surface area (Å²) in [5.41, 5.74) is 3.74. The molecule has 0 fully saturated rings. The van der Waals surface area contributed by atoms with Crippen LogP contribution >= 0.6 is 0 Å². The smallest absolute Gasteiger partial charge is 0.243 e. The Bertz CT molecular complexity index is 740. The van der Waals surface area contributed by atoms with Crippen LogP contribution < -0.4 is 5.43 Å². The largest absolute Gasteiger partial charge is 0.246 e. The van der Waals surface area contributed by atoms with E-state index in [1.165, 1.54) is 0 Å². The molecule has 0 unspecified atom stereocenters. The first-order valence-electron chi connectivity index (χ1n) is 6.34. The summed E-state index contributed by atoms with van der Waals surface area (Å²) in [5.74, 6) is 0.304. The highest BCUT2D eigenvalue weighted by molar-refractivity contribution is 7.92. The van der Waals surface area contributed by atoms with Crippen LogP contribution in [0, 0.1) is 0 Å². The van der Waals surface area contributed by atoms with Gasteiger partial charge in [-0.3, -0.25) is 0 Å². The molecular formula is C14H16N4O2S. The normalized spacial score (nSPS) is 11.4. The van der Waals surface area contributed by atoms with Crippen LogP contribution in [0.25, 0.3) is 11.1 Å². The van der Waals surface area contributed by atoms with Gasteiger partial charge in [0.2, 0.25) is 5.95 Å². The number of nitrogens with zero attached hydrogens (tertiary/aromatic N) is 3. The average molecular weight is 304 g/mol. The first kappa shape index (κ1) is 15.1. The quantitative estimate of drug-likeness (QED) is 0.677. The van der Waals surface area contributed by atoms with Crippen LogP contribution in [-0.4, -0.2) is 30.4 Å². The summed E-state index contributed by atoms with van der Waals surface area (Å²) in [6, 6.07) is 6.83. The molecule has 0 saturated heterocycles. The van der Waals surface area contributed by atoms with Crippen molar-refractivity contribution in [1.29, 1.82) is 0 Å². The Morgan fingerprint density at radius 2 is 1.81 bits per heavy atom. The fourth-order valence-electron chi connectivity index (χ4n) is 1.80. The lowest BCUT2D eigenvalue weighted by Gasteiger charge is -2.12. The molecule has 0 amide bonds. The van der Waals surface area contributed by atoms with Gasteiger partial charge in [0.05, 0.1) is 10.1 Å². The lowest BCUT2D eigenvalue weighted by Crippen LogP contribution is -2.15. The second-order valence-electron chi connectivity index (χ2n) is 4.66. The standard InChI is InChI=1S/C14H16N4O2S/c1-10(2)21(19,20)13-7-5-4-6-12(13)11-8-16-14(17-9-11)18-15-3/h4-10H,3H2,1-2H3,(H,16,17,18). The van der Waals surface area contributed by atoms with E-state index in [0.717, 1.165) is 0 Å². The van der Waals surface area contributed by atoms with Crippen molar-refractivity contribution in [3.05, 3.63) is 36.7 Å². The van der Waals surface area contributed by atoms with E-state index in [4.69, 9.17) is 0 Å². The van der Waals surface area contributed by atoms with Crippen molar-refractivity contribution in [3.63, 3.8) is 0 Å². The minimum atomic E-state index is -3.38. The Morgan fingerprint density at radius 1 is 1.19 bits per heavy atom. The second kappa shape index (κ2) is 6.01. The molecule has 1 N–H and O–H groups in total. The molecule has 0 aliphatic carbocycles. The van der Waals surface area contributed by atoms with Crippen LogP contribution in [0.3, 0.4) is 0 Å². The van der Waals surface area contributed by atoms with Crippen molar-refractivity contribution in [2.75, 3.05) is 5.43 Å². The van der Waals surface area contributed by atoms with Gasteiger partial charge in [-0.15, -0.1) is 0 Å². The molecule has 0 bridgehead atoms. The maximum absolute atomic E-state index is 12.4. The zero-order valence-corrected chi connectivity index (χ0v) is 12.6. The van der Waals surface area contributed by atoms with Crippen molar-refractivity contribution >= 4 is 22.5 Å². The number of aromatic nitrogens is 2. The van der Waals surface area contributed by atoms with Gasteiger partial charge in [0.15, 0.2) is 9.84 Å². The number of anilines is 1. The highest BCUT2D eigenvalue weighted by Gasteiger charge is 2.23. The minimum absolute atomic E-state index is 0.283.